The molecule has 1 saturated heterocycles. The molecule has 0 saturated carbocycles. The molecule has 4 nitrogen and oxygen atoms in total. The van der Waals surface area contributed by atoms with Crippen molar-refractivity contribution < 1.29 is 42.0 Å². The first-order valence-electron chi connectivity index (χ1n) is 16.7. The van der Waals surface area contributed by atoms with Crippen LogP contribution in [0.5, 0.6) is 11.5 Å². The molecule has 2 heterocycles. The van der Waals surface area contributed by atoms with E-state index in [0.29, 0.717) is 19.1 Å². The Labute approximate surface area is 167 Å². The van der Waals surface area contributed by atoms with Crippen molar-refractivity contribution in [3.8, 4) is 11.5 Å². The van der Waals surface area contributed by atoms with Crippen LogP contribution in [0.25, 0.3) is 0 Å². The summed E-state index contributed by atoms with van der Waals surface area (Å²) in [4.78, 5) is 0.266. The highest BCUT2D eigenvalue weighted by Gasteiger charge is 2.38. The number of benzene rings is 1. The maximum Gasteiger partial charge on any atom is 0.161 e. The molecular weight excluding hydrogens is 290 g/mol. The number of methoxy groups -OCH3 is 2. The second-order valence-corrected chi connectivity index (χ2v) is 5.08. The molecule has 2 aliphatic heterocycles. The van der Waals surface area contributed by atoms with Crippen molar-refractivity contribution in [1.29, 1.82) is 0 Å². The molecule has 0 radical (unpaired) electrons. The van der Waals surface area contributed by atoms with Crippen molar-refractivity contribution in [2.24, 2.45) is 11.8 Å². The summed E-state index contributed by atoms with van der Waals surface area (Å²) < 4.78 is 172. The molecule has 1 aromatic carbocycles. The molecule has 23 heavy (non-hydrogen) atoms. The quantitative estimate of drug-likeness (QED) is 0.915. The van der Waals surface area contributed by atoms with Crippen LogP contribution in [0.1, 0.15) is 71.1 Å². The fraction of sp³-hybridized carbons (Fsp3) is 0.684. The van der Waals surface area contributed by atoms with Gasteiger partial charge in [-0.1, -0.05) is 13.8 Å². The molecule has 0 aliphatic carbocycles. The van der Waals surface area contributed by atoms with Crippen LogP contribution in [0.2, 0.25) is 0 Å². The van der Waals surface area contributed by atoms with E-state index in [-0.39, 0.29) is 4.90 Å². The van der Waals surface area contributed by atoms with Crippen LogP contribution in [-0.2, 0) is 6.37 Å². The zero-order chi connectivity index (χ0) is 34.0. The predicted molar refractivity (Wildman–Crippen MR) is 91.1 cm³/mol. The first-order chi connectivity index (χ1) is 18.6. The Hall–Kier alpha value is -1.26. The second-order valence-electron chi connectivity index (χ2n) is 5.08. The first-order valence-corrected chi connectivity index (χ1v) is 6.67. The summed E-state index contributed by atoms with van der Waals surface area (Å²) in [6.45, 7) is -7.95. The van der Waals surface area contributed by atoms with Crippen LogP contribution in [0.15, 0.2) is 12.1 Å². The Morgan fingerprint density at radius 2 is 2.30 bits per heavy atom. The summed E-state index contributed by atoms with van der Waals surface area (Å²) in [5.41, 5.74) is -1.47. The molecule has 1 aromatic rings. The Balaban J connectivity index is 2.43. The Bertz CT molecular complexity index is 1270. The van der Waals surface area contributed by atoms with Crippen LogP contribution in [0.4, 0.5) is 0 Å². The molecule has 0 spiro atoms. The van der Waals surface area contributed by atoms with Crippen LogP contribution >= 0.6 is 0 Å². The Morgan fingerprint density at radius 1 is 1.52 bits per heavy atom. The highest BCUT2D eigenvalue weighted by atomic mass is 16.5. The van der Waals surface area contributed by atoms with E-state index in [0.717, 1.165) is 0 Å². The zero-order valence-corrected chi connectivity index (χ0v) is 12.2. The highest BCUT2D eigenvalue weighted by molar-refractivity contribution is 5.49. The van der Waals surface area contributed by atoms with Crippen LogP contribution in [-0.4, -0.2) is 43.2 Å². The Kier molecular flexibility index (Phi) is 1.42. The van der Waals surface area contributed by atoms with Gasteiger partial charge in [-0.25, -0.2) is 0 Å². The largest absolute Gasteiger partial charge is 0.493 e. The monoisotopic (exact) mass is 339 g/mol. The molecule has 0 bridgehead atoms. The lowest BCUT2D eigenvalue weighted by molar-refractivity contribution is -0.0191. The molecule has 4 atom stereocenters. The van der Waals surface area contributed by atoms with Crippen molar-refractivity contribution in [2.75, 3.05) is 27.1 Å². The molecule has 0 aromatic heterocycles. The smallest absolute Gasteiger partial charge is 0.161 e. The number of aryl methyl sites for hydroxylation is 1. The minimum absolute atomic E-state index is 0.266. The minimum Gasteiger partial charge on any atom is -0.493 e. The molecule has 3 rings (SSSR count). The summed E-state index contributed by atoms with van der Waals surface area (Å²) in [7, 11) is -6.53. The average molecular weight is 340 g/mol. The van der Waals surface area contributed by atoms with E-state index in [1.54, 1.807) is 0 Å². The molecule has 0 amide bonds. The van der Waals surface area contributed by atoms with E-state index in [9.17, 15) is 5.11 Å². The van der Waals surface area contributed by atoms with E-state index in [2.05, 4.69) is 0 Å². The molecule has 1 unspecified atom stereocenters. The summed E-state index contributed by atoms with van der Waals surface area (Å²) in [5.74, 6) is -8.75. The molecule has 4 heteroatoms. The maximum absolute atomic E-state index is 11.3. The molecule has 1 fully saturated rings. The summed E-state index contributed by atoms with van der Waals surface area (Å²) in [6, 6.07) is -1.10. The fourth-order valence-corrected chi connectivity index (χ4v) is 2.51. The van der Waals surface area contributed by atoms with Crippen molar-refractivity contribution in [3.05, 3.63) is 23.3 Å². The fourth-order valence-electron chi connectivity index (χ4n) is 2.51. The molecule has 1 N–H and O–H groups in total. The summed E-state index contributed by atoms with van der Waals surface area (Å²) >= 11 is 0. The highest BCUT2D eigenvalue weighted by Crippen LogP contribution is 2.43. The first kappa shape index (κ1) is 4.89. The van der Waals surface area contributed by atoms with Crippen molar-refractivity contribution in [1.82, 2.24) is 4.90 Å². The van der Waals surface area contributed by atoms with Gasteiger partial charge in [-0.2, -0.15) is 0 Å². The number of nitrogens with zero attached hydrogens (tertiary/aromatic N) is 1. The van der Waals surface area contributed by atoms with Gasteiger partial charge in [0.15, 0.2) is 11.5 Å². The van der Waals surface area contributed by atoms with Gasteiger partial charge in [0.25, 0.3) is 0 Å². The van der Waals surface area contributed by atoms with Gasteiger partial charge in [0.05, 0.1) is 29.8 Å². The number of rotatable bonds is 4. The average Bonchev–Trinajstić information content (AvgIpc) is 2.74. The van der Waals surface area contributed by atoms with E-state index < -0.39 is 99.6 Å². The van der Waals surface area contributed by atoms with Gasteiger partial charge >= 0.3 is 0 Å². The lowest BCUT2D eigenvalue weighted by Crippen LogP contribution is -2.48. The molecular formula is C19H29NO3. The Morgan fingerprint density at radius 3 is 3.04 bits per heavy atom. The SMILES string of the molecule is [2H]C([2H])([2H])Oc1cc2c(cc1OC([2H])([2H])[2H])C([2H])([2H])C([2H])([2H])N1C[C@]([2H])(C([2H])([2H])C([2H])(C)C([2H])([2H])[2H])[C@]([2H])(O)C([2H])([2H])[C@@H]21. The topological polar surface area (TPSA) is 41.9 Å². The van der Waals surface area contributed by atoms with Crippen LogP contribution < -0.4 is 9.47 Å². The normalized spacial score (nSPS) is 58.1. The lowest BCUT2D eigenvalue weighted by Gasteiger charge is -2.46. The van der Waals surface area contributed by atoms with E-state index >= 15 is 0 Å². The lowest BCUT2D eigenvalue weighted by atomic mass is 9.79. The van der Waals surface area contributed by atoms with Crippen molar-refractivity contribution >= 4 is 0 Å². The third-order valence-corrected chi connectivity index (χ3v) is 3.50. The van der Waals surface area contributed by atoms with Crippen LogP contribution in [0, 0.1) is 11.8 Å². The van der Waals surface area contributed by atoms with E-state index in [1.165, 1.54) is 0 Å². The third-order valence-electron chi connectivity index (χ3n) is 3.50. The van der Waals surface area contributed by atoms with Gasteiger partial charge in [-0.15, -0.1) is 0 Å². The van der Waals surface area contributed by atoms with Gasteiger partial charge in [-0.3, -0.25) is 4.90 Å². The van der Waals surface area contributed by atoms with E-state index in [4.69, 9.17) is 36.9 Å². The number of ether oxygens (including phenoxy) is 2. The van der Waals surface area contributed by atoms with Gasteiger partial charge in [0.1, 0.15) is 0 Å². The number of aliphatic hydroxyl groups is 1. The standard InChI is InChI=1S/C19H29NO3/c1-12(2)7-14-11-20-6-5-13-8-18(22-3)19(23-4)9-15(13)16(20)10-17(14)21/h8-9,12,14,16-17,21H,5-7,10-11H2,1-4H3/t14-,16-,17+/m0/s1/i1D3,3D3,4D3,5D2,6D2,7D2,10D2,12D,14D,17D/t12?,14-,16-,17+. The third kappa shape index (κ3) is 3.20. The number of piperidine rings is 1. The molecule has 2 aliphatic rings. The van der Waals surface area contributed by atoms with Crippen LogP contribution in [0.3, 0.4) is 0 Å². The van der Waals surface area contributed by atoms with Gasteiger partial charge < -0.3 is 14.6 Å². The van der Waals surface area contributed by atoms with Gasteiger partial charge in [-0.05, 0) is 54.2 Å². The van der Waals surface area contributed by atoms with Gasteiger partial charge in [0.2, 0.25) is 0 Å². The zero-order valence-electron chi connectivity index (χ0n) is 32.2. The summed E-state index contributed by atoms with van der Waals surface area (Å²) in [5, 5.41) is 11.3. The number of fused-ring (bicyclic) bond motifs is 3. The van der Waals surface area contributed by atoms with Crippen molar-refractivity contribution in [2.45, 2.75) is 45.0 Å². The maximum atomic E-state index is 11.3. The number of hydrogen-bond acceptors (Lipinski definition) is 4. The minimum atomic E-state index is -3.98. The van der Waals surface area contributed by atoms with Crippen molar-refractivity contribution in [3.63, 3.8) is 0 Å². The predicted octanol–water partition coefficient (Wildman–Crippen LogP) is 3.03. The van der Waals surface area contributed by atoms with Gasteiger partial charge in [0, 0.05) is 36.9 Å². The molecule has 128 valence electrons. The second kappa shape index (κ2) is 6.70. The summed E-state index contributed by atoms with van der Waals surface area (Å²) in [6.07, 6.45) is -14.8. The number of hydrogen-bond donors (Lipinski definition) is 1. The van der Waals surface area contributed by atoms with E-state index in [1.807, 2.05) is 0 Å².